The zero-order valence-electron chi connectivity index (χ0n) is 22.9. The van der Waals surface area contributed by atoms with Gasteiger partial charge in [0.25, 0.3) is 0 Å². The van der Waals surface area contributed by atoms with Crippen LogP contribution in [0.1, 0.15) is 51.7 Å². The molecule has 0 saturated heterocycles. The van der Waals surface area contributed by atoms with E-state index in [1.165, 1.54) is 56.8 Å². The van der Waals surface area contributed by atoms with Crippen LogP contribution in [0.15, 0.2) is 32.0 Å². The van der Waals surface area contributed by atoms with Gasteiger partial charge in [-0.15, -0.1) is 48.8 Å². The number of nitrogens with zero attached hydrogens (tertiary/aromatic N) is 2. The first-order valence-electron chi connectivity index (χ1n) is 13.3. The van der Waals surface area contributed by atoms with Crippen molar-refractivity contribution >= 4 is 96.7 Å². The molecule has 2 nitrogen and oxygen atoms in total. The second-order valence-corrected chi connectivity index (χ2v) is 18.1. The molecule has 10 heteroatoms. The van der Waals surface area contributed by atoms with Gasteiger partial charge < -0.3 is 9.13 Å². The molecule has 0 saturated carbocycles. The standard InChI is InChI=1S/C28H40N2S8/c1-27(2,17-29-23(31)15-21-19(25(29)33)5-9-37-21)7-11-35-13-14-36-12-8-28(3,4)18-30-24(32)16-22-20(26(30)34)6-10-38-22/h15-16,33-34H,5-14,17-18H2,1-4H3. The summed E-state index contributed by atoms with van der Waals surface area (Å²) >= 11 is 29.2. The highest BCUT2D eigenvalue weighted by Gasteiger charge is 2.24. The predicted octanol–water partition coefficient (Wildman–Crippen LogP) is 9.62. The van der Waals surface area contributed by atoms with Crippen molar-refractivity contribution in [1.29, 1.82) is 0 Å². The lowest BCUT2D eigenvalue weighted by Crippen LogP contribution is -2.23. The molecule has 0 bridgehead atoms. The Morgan fingerprint density at radius 1 is 0.737 bits per heavy atom. The van der Waals surface area contributed by atoms with E-state index in [1.54, 1.807) is 0 Å². The maximum absolute atomic E-state index is 5.72. The fraction of sp³-hybridized carbons (Fsp3) is 0.643. The Bertz CT molecular complexity index is 1160. The molecule has 0 radical (unpaired) electrons. The summed E-state index contributed by atoms with van der Waals surface area (Å²) in [5, 5.41) is 2.17. The fourth-order valence-electron chi connectivity index (χ4n) is 4.90. The van der Waals surface area contributed by atoms with E-state index < -0.39 is 0 Å². The largest absolute Gasteiger partial charge is 0.327 e. The average molecular weight is 661 g/mol. The number of pyridine rings is 2. The highest BCUT2D eigenvalue weighted by Crippen LogP contribution is 2.38. The molecule has 210 valence electrons. The van der Waals surface area contributed by atoms with Crippen LogP contribution in [0.2, 0.25) is 0 Å². The highest BCUT2D eigenvalue weighted by molar-refractivity contribution is 8.02. The van der Waals surface area contributed by atoms with Gasteiger partial charge in [0, 0.05) is 45.9 Å². The van der Waals surface area contributed by atoms with Crippen LogP contribution >= 0.6 is 96.7 Å². The number of fused-ring (bicyclic) bond motifs is 2. The molecule has 0 fully saturated rings. The zero-order valence-corrected chi connectivity index (χ0v) is 29.6. The van der Waals surface area contributed by atoms with Gasteiger partial charge in [0.1, 0.15) is 9.28 Å². The number of thiol groups is 2. The van der Waals surface area contributed by atoms with Gasteiger partial charge in [-0.05, 0) is 71.3 Å². The molecule has 2 aliphatic rings. The third-order valence-corrected chi connectivity index (χ3v) is 13.4. The number of aromatic nitrogens is 2. The van der Waals surface area contributed by atoms with Gasteiger partial charge in [0.15, 0.2) is 0 Å². The van der Waals surface area contributed by atoms with Gasteiger partial charge in [0.05, 0.1) is 10.1 Å². The van der Waals surface area contributed by atoms with Gasteiger partial charge >= 0.3 is 0 Å². The molecule has 4 heterocycles. The summed E-state index contributed by atoms with van der Waals surface area (Å²) in [5.41, 5.74) is 3.17. The molecule has 2 aromatic heterocycles. The quantitative estimate of drug-likeness (QED) is 0.125. The Morgan fingerprint density at radius 2 is 1.13 bits per heavy atom. The van der Waals surface area contributed by atoms with Gasteiger partial charge in [-0.25, -0.2) is 0 Å². The summed E-state index contributed by atoms with van der Waals surface area (Å²) in [6.45, 7) is 11.3. The number of hydrogen-bond donors (Lipinski definition) is 2. The maximum atomic E-state index is 5.72. The van der Waals surface area contributed by atoms with Crippen LogP contribution in [0, 0.1) is 20.1 Å². The zero-order chi connectivity index (χ0) is 27.5. The van der Waals surface area contributed by atoms with E-state index in [-0.39, 0.29) is 10.8 Å². The van der Waals surface area contributed by atoms with Crippen molar-refractivity contribution in [3.63, 3.8) is 0 Å². The molecule has 2 aliphatic heterocycles. The lowest BCUT2D eigenvalue weighted by Gasteiger charge is -2.28. The number of thioether (sulfide) groups is 4. The Hall–Kier alpha value is 0.840. The minimum Gasteiger partial charge on any atom is -0.327 e. The van der Waals surface area contributed by atoms with E-state index in [1.807, 2.05) is 23.5 Å². The summed E-state index contributed by atoms with van der Waals surface area (Å²) in [6.07, 6.45) is 4.58. The third-order valence-electron chi connectivity index (χ3n) is 7.30. The first-order valence-corrected chi connectivity index (χ1v) is 19.3. The van der Waals surface area contributed by atoms with Crippen molar-refractivity contribution < 1.29 is 0 Å². The molecule has 2 aromatic rings. The summed E-state index contributed by atoms with van der Waals surface area (Å²) in [6, 6.07) is 4.37. The third kappa shape index (κ3) is 8.23. The van der Waals surface area contributed by atoms with E-state index in [4.69, 9.17) is 49.7 Å². The molecule has 0 aliphatic carbocycles. The normalized spacial score (nSPS) is 15.2. The van der Waals surface area contributed by atoms with Crippen LogP contribution in [0.3, 0.4) is 0 Å². The molecule has 38 heavy (non-hydrogen) atoms. The lowest BCUT2D eigenvalue weighted by atomic mass is 9.90. The van der Waals surface area contributed by atoms with Crippen molar-refractivity contribution in [2.45, 2.75) is 86.3 Å². The van der Waals surface area contributed by atoms with Gasteiger partial charge in [-0.1, -0.05) is 52.1 Å². The number of hydrogen-bond acceptors (Lipinski definition) is 8. The molecule has 0 aromatic carbocycles. The second kappa shape index (κ2) is 13.9. The van der Waals surface area contributed by atoms with Crippen LogP contribution in [-0.4, -0.2) is 43.7 Å². The molecule has 0 amide bonds. The highest BCUT2D eigenvalue weighted by atomic mass is 32.2. The summed E-state index contributed by atoms with van der Waals surface area (Å²) < 4.78 is 6.37. The Labute approximate surface area is 267 Å². The molecular weight excluding hydrogens is 621 g/mol. The van der Waals surface area contributed by atoms with Crippen LogP contribution < -0.4 is 0 Å². The fourth-order valence-corrected chi connectivity index (χ4v) is 11.6. The molecule has 0 atom stereocenters. The van der Waals surface area contributed by atoms with Gasteiger partial charge in [-0.3, -0.25) is 0 Å². The molecule has 0 spiro atoms. The van der Waals surface area contributed by atoms with Crippen molar-refractivity contribution in [2.24, 2.45) is 10.8 Å². The summed E-state index contributed by atoms with van der Waals surface area (Å²) in [5.74, 6) is 7.10. The first-order chi connectivity index (χ1) is 18.0. The van der Waals surface area contributed by atoms with Crippen LogP contribution in [0.4, 0.5) is 0 Å². The van der Waals surface area contributed by atoms with E-state index in [2.05, 4.69) is 72.5 Å². The Kier molecular flexibility index (Phi) is 11.6. The smallest absolute Gasteiger partial charge is 0.107 e. The maximum Gasteiger partial charge on any atom is 0.107 e. The number of rotatable bonds is 13. The van der Waals surface area contributed by atoms with E-state index >= 15 is 0 Å². The molecular formula is C28H40N2S8. The molecule has 4 rings (SSSR count). The molecule has 0 N–H and O–H groups in total. The average Bonchev–Trinajstić information content (AvgIpc) is 3.51. The monoisotopic (exact) mass is 660 g/mol. The van der Waals surface area contributed by atoms with Crippen LogP contribution in [-0.2, 0) is 25.9 Å². The van der Waals surface area contributed by atoms with Gasteiger partial charge in [-0.2, -0.15) is 23.5 Å². The first kappa shape index (κ1) is 31.8. The second-order valence-electron chi connectivity index (χ2n) is 11.7. The predicted molar refractivity (Wildman–Crippen MR) is 185 cm³/mol. The van der Waals surface area contributed by atoms with E-state index in [0.717, 1.165) is 56.8 Å². The Morgan fingerprint density at radius 3 is 1.53 bits per heavy atom. The van der Waals surface area contributed by atoms with Crippen LogP contribution in [0.5, 0.6) is 0 Å². The van der Waals surface area contributed by atoms with E-state index in [9.17, 15) is 0 Å². The van der Waals surface area contributed by atoms with Crippen LogP contribution in [0.25, 0.3) is 0 Å². The van der Waals surface area contributed by atoms with Crippen molar-refractivity contribution in [2.75, 3.05) is 34.5 Å². The molecule has 0 unspecified atom stereocenters. The van der Waals surface area contributed by atoms with Crippen molar-refractivity contribution in [1.82, 2.24) is 9.13 Å². The summed E-state index contributed by atoms with van der Waals surface area (Å²) in [4.78, 5) is 2.67. The van der Waals surface area contributed by atoms with E-state index in [0.29, 0.717) is 0 Å². The minimum absolute atomic E-state index is 0.198. The van der Waals surface area contributed by atoms with Crippen molar-refractivity contribution in [3.05, 3.63) is 32.5 Å². The van der Waals surface area contributed by atoms with Gasteiger partial charge in [0.2, 0.25) is 0 Å². The summed E-state index contributed by atoms with van der Waals surface area (Å²) in [7, 11) is 0. The minimum atomic E-state index is 0.198. The topological polar surface area (TPSA) is 9.86 Å². The van der Waals surface area contributed by atoms with Crippen molar-refractivity contribution in [3.8, 4) is 0 Å². The lowest BCUT2D eigenvalue weighted by molar-refractivity contribution is 0.284. The Balaban J connectivity index is 1.15. The SMILES string of the molecule is CC(C)(CCSCCSCCC(C)(C)Cn1c(S)c2c(cc1=S)SCC2)Cn1c(S)c2c(cc1=S)SCC2.